The van der Waals surface area contributed by atoms with Gasteiger partial charge in [-0.25, -0.2) is 9.78 Å². The zero-order valence-electron chi connectivity index (χ0n) is 21.1. The van der Waals surface area contributed by atoms with Crippen molar-refractivity contribution in [3.63, 3.8) is 0 Å². The van der Waals surface area contributed by atoms with Gasteiger partial charge in [0.2, 0.25) is 0 Å². The molecule has 5 nitrogen and oxygen atoms in total. The van der Waals surface area contributed by atoms with Crippen molar-refractivity contribution in [1.29, 1.82) is 0 Å². The first kappa shape index (κ1) is 25.2. The van der Waals surface area contributed by atoms with Gasteiger partial charge in [-0.3, -0.25) is 4.90 Å². The number of carbonyl (C=O) groups is 1. The minimum absolute atomic E-state index is 0.484. The second kappa shape index (κ2) is 11.3. The van der Waals surface area contributed by atoms with Crippen molar-refractivity contribution < 1.29 is 9.90 Å². The molecule has 1 aromatic carbocycles. The number of hydrogen-bond donors (Lipinski definition) is 2. The molecule has 2 N–H and O–H groups in total. The summed E-state index contributed by atoms with van der Waals surface area (Å²) in [7, 11) is 0. The molecule has 7 heteroatoms. The van der Waals surface area contributed by atoms with Gasteiger partial charge in [0.05, 0.1) is 17.7 Å². The number of benzene rings is 1. The molecular formula is C29H35N3O2S2. The lowest BCUT2D eigenvalue weighted by Gasteiger charge is -2.36. The van der Waals surface area contributed by atoms with Crippen molar-refractivity contribution in [2.45, 2.75) is 52.5 Å². The van der Waals surface area contributed by atoms with Gasteiger partial charge in [-0.15, -0.1) is 22.7 Å². The number of nitrogens with one attached hydrogen (secondary N) is 1. The Morgan fingerprint density at radius 1 is 1.19 bits per heavy atom. The third-order valence-electron chi connectivity index (χ3n) is 7.79. The van der Waals surface area contributed by atoms with Crippen molar-refractivity contribution in [1.82, 2.24) is 9.88 Å². The molecular weight excluding hydrogens is 486 g/mol. The highest BCUT2D eigenvalue weighted by atomic mass is 32.1. The zero-order valence-corrected chi connectivity index (χ0v) is 22.8. The molecule has 0 unspecified atom stereocenters. The van der Waals surface area contributed by atoms with E-state index in [2.05, 4.69) is 59.4 Å². The summed E-state index contributed by atoms with van der Waals surface area (Å²) in [5.41, 5.74) is 8.74. The van der Waals surface area contributed by atoms with Crippen molar-refractivity contribution in [2.24, 2.45) is 11.8 Å². The van der Waals surface area contributed by atoms with Gasteiger partial charge in [0.25, 0.3) is 0 Å². The maximum atomic E-state index is 12.4. The molecule has 1 saturated carbocycles. The molecule has 5 rings (SSSR count). The second-order valence-corrected chi connectivity index (χ2v) is 11.9. The topological polar surface area (TPSA) is 65.5 Å². The minimum Gasteiger partial charge on any atom is -0.477 e. The van der Waals surface area contributed by atoms with Gasteiger partial charge in [0.15, 0.2) is 0 Å². The summed E-state index contributed by atoms with van der Waals surface area (Å²) >= 11 is 3.01. The molecule has 1 aliphatic heterocycles. The summed E-state index contributed by atoms with van der Waals surface area (Å²) in [4.78, 5) is 20.7. The van der Waals surface area contributed by atoms with E-state index in [-0.39, 0.29) is 0 Å². The van der Waals surface area contributed by atoms with Crippen LogP contribution in [0.5, 0.6) is 0 Å². The molecule has 3 aromatic rings. The first-order valence-electron chi connectivity index (χ1n) is 13.0. The number of thiazole rings is 1. The van der Waals surface area contributed by atoms with Crippen LogP contribution in [0.4, 0.5) is 5.69 Å². The molecule has 3 heterocycles. The number of anilines is 1. The number of likely N-dealkylation sites (N-methyl/N-ethyl adjacent to an activating group) is 1. The van der Waals surface area contributed by atoms with E-state index in [0.717, 1.165) is 59.4 Å². The molecule has 36 heavy (non-hydrogen) atoms. The summed E-state index contributed by atoms with van der Waals surface area (Å²) in [5, 5.41) is 15.6. The molecule has 2 aliphatic rings. The Hall–Kier alpha value is -2.48. The fourth-order valence-electron chi connectivity index (χ4n) is 5.59. The van der Waals surface area contributed by atoms with Crippen LogP contribution in [-0.4, -0.2) is 40.6 Å². The number of rotatable bonds is 8. The third-order valence-corrected chi connectivity index (χ3v) is 9.60. The van der Waals surface area contributed by atoms with Crippen molar-refractivity contribution in [3.8, 4) is 10.4 Å². The van der Waals surface area contributed by atoms with Crippen LogP contribution in [0, 0.1) is 11.8 Å². The van der Waals surface area contributed by atoms with Crippen LogP contribution in [0.15, 0.2) is 46.8 Å². The van der Waals surface area contributed by atoms with Gasteiger partial charge in [-0.2, -0.15) is 0 Å². The van der Waals surface area contributed by atoms with Gasteiger partial charge in [-0.05, 0) is 72.6 Å². The molecule has 1 aliphatic carbocycles. The Kier molecular flexibility index (Phi) is 7.89. The smallest absolute Gasteiger partial charge is 0.346 e. The molecule has 0 saturated heterocycles. The van der Waals surface area contributed by atoms with Gasteiger partial charge >= 0.3 is 5.97 Å². The van der Waals surface area contributed by atoms with Crippen molar-refractivity contribution in [3.05, 3.63) is 62.9 Å². The normalized spacial score (nSPS) is 21.1. The summed E-state index contributed by atoms with van der Waals surface area (Å²) in [5.74, 6) is 0.570. The van der Waals surface area contributed by atoms with Gasteiger partial charge in [-0.1, -0.05) is 38.8 Å². The van der Waals surface area contributed by atoms with Crippen LogP contribution in [0.3, 0.4) is 0 Å². The summed E-state index contributed by atoms with van der Waals surface area (Å²) in [6.45, 7) is 8.31. The van der Waals surface area contributed by atoms with E-state index in [1.165, 1.54) is 48.2 Å². The standard InChI is InChI=1S/C29H35N3O2S2/c1-3-32-13-12-24(26(16-32)20-6-4-19(2)5-7-20)25-14-27(36-28(25)29(33)34)21-8-10-22(11-9-21)30-15-23-17-35-18-31-23/h8-11,14,17-20,30H,3-7,12-13,15-16H2,1-2H3,(H,33,34). The van der Waals surface area contributed by atoms with Crippen LogP contribution in [0.1, 0.15) is 66.9 Å². The van der Waals surface area contributed by atoms with Crippen LogP contribution < -0.4 is 5.32 Å². The van der Waals surface area contributed by atoms with Crippen LogP contribution in [0.2, 0.25) is 0 Å². The van der Waals surface area contributed by atoms with Crippen LogP contribution >= 0.6 is 22.7 Å². The molecule has 0 atom stereocenters. The Morgan fingerprint density at radius 3 is 2.64 bits per heavy atom. The lowest BCUT2D eigenvalue weighted by molar-refractivity contribution is 0.0702. The number of aromatic nitrogens is 1. The average Bonchev–Trinajstić information content (AvgIpc) is 3.58. The average molecular weight is 522 g/mol. The molecule has 0 amide bonds. The Morgan fingerprint density at radius 2 is 1.97 bits per heavy atom. The number of carboxylic acid groups (broad SMARTS) is 1. The Labute approximate surface area is 221 Å². The maximum absolute atomic E-state index is 12.4. The number of hydrogen-bond acceptors (Lipinski definition) is 6. The lowest BCUT2D eigenvalue weighted by atomic mass is 9.75. The maximum Gasteiger partial charge on any atom is 0.346 e. The molecule has 2 aromatic heterocycles. The number of aromatic carboxylic acids is 1. The Bertz CT molecular complexity index is 1210. The van der Waals surface area contributed by atoms with Crippen LogP contribution in [-0.2, 0) is 6.54 Å². The first-order chi connectivity index (χ1) is 17.5. The predicted molar refractivity (Wildman–Crippen MR) is 151 cm³/mol. The van der Waals surface area contributed by atoms with E-state index in [1.54, 1.807) is 11.3 Å². The summed E-state index contributed by atoms with van der Waals surface area (Å²) in [6, 6.07) is 10.4. The lowest BCUT2D eigenvalue weighted by Crippen LogP contribution is -2.34. The van der Waals surface area contributed by atoms with E-state index >= 15 is 0 Å². The largest absolute Gasteiger partial charge is 0.477 e. The third kappa shape index (κ3) is 5.58. The Balaban J connectivity index is 1.44. The zero-order chi connectivity index (χ0) is 25.1. The van der Waals surface area contributed by atoms with E-state index in [0.29, 0.717) is 17.3 Å². The molecule has 190 valence electrons. The molecule has 0 spiro atoms. The second-order valence-electron chi connectivity index (χ2n) is 10.1. The fraction of sp³-hybridized carbons (Fsp3) is 0.448. The van der Waals surface area contributed by atoms with Gasteiger partial charge < -0.3 is 10.4 Å². The fourth-order valence-corrected chi connectivity index (χ4v) is 7.18. The SMILES string of the molecule is CCN1CCC(c2cc(-c3ccc(NCc4cscn4)cc3)sc2C(=O)O)=C(C2CCC(C)CC2)C1. The van der Waals surface area contributed by atoms with E-state index in [1.807, 2.05) is 10.9 Å². The van der Waals surface area contributed by atoms with Gasteiger partial charge in [0.1, 0.15) is 4.88 Å². The first-order valence-corrected chi connectivity index (χ1v) is 14.8. The van der Waals surface area contributed by atoms with Gasteiger partial charge in [0, 0.05) is 34.6 Å². The number of carboxylic acids is 1. The summed E-state index contributed by atoms with van der Waals surface area (Å²) in [6.07, 6.45) is 5.94. The number of nitrogens with zero attached hydrogens (tertiary/aromatic N) is 2. The highest BCUT2D eigenvalue weighted by molar-refractivity contribution is 7.17. The predicted octanol–water partition coefficient (Wildman–Crippen LogP) is 7.49. The molecule has 0 bridgehead atoms. The van der Waals surface area contributed by atoms with E-state index < -0.39 is 5.97 Å². The van der Waals surface area contributed by atoms with E-state index in [9.17, 15) is 9.90 Å². The highest BCUT2D eigenvalue weighted by Crippen LogP contribution is 2.43. The molecule has 1 fully saturated rings. The highest BCUT2D eigenvalue weighted by Gasteiger charge is 2.30. The van der Waals surface area contributed by atoms with Crippen molar-refractivity contribution in [2.75, 3.05) is 25.0 Å². The number of thiophene rings is 1. The monoisotopic (exact) mass is 521 g/mol. The minimum atomic E-state index is -0.815. The summed E-state index contributed by atoms with van der Waals surface area (Å²) < 4.78 is 0. The van der Waals surface area contributed by atoms with Crippen LogP contribution in [0.25, 0.3) is 16.0 Å². The van der Waals surface area contributed by atoms with E-state index in [4.69, 9.17) is 0 Å². The molecule has 0 radical (unpaired) electrons. The quantitative estimate of drug-likeness (QED) is 0.321. The van der Waals surface area contributed by atoms with Crippen molar-refractivity contribution >= 4 is 39.9 Å².